The van der Waals surface area contributed by atoms with Gasteiger partial charge in [-0.25, -0.2) is 13.4 Å². The van der Waals surface area contributed by atoms with E-state index in [0.717, 1.165) is 24.5 Å². The van der Waals surface area contributed by atoms with Crippen molar-refractivity contribution in [1.29, 1.82) is 0 Å². The average Bonchev–Trinajstić information content (AvgIpc) is 3.48. The van der Waals surface area contributed by atoms with Crippen LogP contribution in [0.15, 0.2) is 23.4 Å². The van der Waals surface area contributed by atoms with Gasteiger partial charge in [0.05, 0.1) is 22.5 Å². The van der Waals surface area contributed by atoms with Gasteiger partial charge in [-0.1, -0.05) is 6.92 Å². The highest BCUT2D eigenvalue weighted by Gasteiger charge is 2.75. The van der Waals surface area contributed by atoms with Crippen LogP contribution in [-0.4, -0.2) is 46.7 Å². The lowest BCUT2D eigenvalue weighted by Gasteiger charge is -2.32. The summed E-state index contributed by atoms with van der Waals surface area (Å²) >= 11 is 0. The molecule has 0 amide bonds. The first-order valence-electron chi connectivity index (χ1n) is 9.38. The fraction of sp³-hybridized carbons (Fsp3) is 0.556. The lowest BCUT2D eigenvalue weighted by molar-refractivity contribution is -0.359. The Morgan fingerprint density at radius 1 is 1.12 bits per heavy atom. The molecule has 1 aliphatic carbocycles. The average molecular weight is 488 g/mol. The molecule has 0 radical (unpaired) electrons. The molecule has 2 N–H and O–H groups in total. The number of nitrogens with two attached hydrogens (primary N) is 1. The quantitative estimate of drug-likeness (QED) is 0.596. The second-order valence-electron chi connectivity index (χ2n) is 7.53. The molecule has 0 aliphatic heterocycles. The molecule has 0 bridgehead atoms. The third kappa shape index (κ3) is 3.87. The van der Waals surface area contributed by atoms with Crippen LogP contribution in [0.3, 0.4) is 0 Å². The molecule has 2 heterocycles. The zero-order valence-corrected chi connectivity index (χ0v) is 17.6. The van der Waals surface area contributed by atoms with E-state index >= 15 is 0 Å². The number of halogens is 7. The zero-order valence-electron chi connectivity index (χ0n) is 16.8. The fourth-order valence-corrected chi connectivity index (χ4v) is 4.23. The summed E-state index contributed by atoms with van der Waals surface area (Å²) in [5, 5.41) is 0. The van der Waals surface area contributed by atoms with Crippen LogP contribution >= 0.6 is 0 Å². The number of hydrogen-bond acceptors (Lipinski definition) is 5. The fourth-order valence-electron chi connectivity index (χ4n) is 3.16. The van der Waals surface area contributed by atoms with Crippen molar-refractivity contribution in [2.75, 3.05) is 5.75 Å². The molecular formula is C18H19F7N4O2S. The van der Waals surface area contributed by atoms with E-state index in [1.807, 2.05) is 0 Å². The monoisotopic (exact) mass is 488 g/mol. The number of rotatable bonds is 7. The van der Waals surface area contributed by atoms with Crippen LogP contribution in [0.5, 0.6) is 0 Å². The number of aromatic nitrogens is 3. The summed E-state index contributed by atoms with van der Waals surface area (Å²) in [6, 6.07) is -1.71. The van der Waals surface area contributed by atoms with Gasteiger partial charge in [0.1, 0.15) is 11.7 Å². The molecule has 3 rings (SSSR count). The van der Waals surface area contributed by atoms with E-state index in [1.165, 1.54) is 19.2 Å². The topological polar surface area (TPSA) is 90.9 Å². The Hall–Kier alpha value is -2.22. The van der Waals surface area contributed by atoms with Crippen molar-refractivity contribution in [3.05, 3.63) is 29.7 Å². The maximum atomic E-state index is 14.1. The molecule has 0 saturated heterocycles. The molecule has 1 unspecified atom stereocenters. The standard InChI is InChI=1S/C18H19F7N4O2S/c1-3-32(30,31)12-6-10(9-4-5-9)7-27-13(12)15-28-8-11(29(15)2)14(26)16(19,20)17(21,22)18(23,24)25/h6-9,14H,3-5,26H2,1-2H3. The number of nitrogens with zero attached hydrogens (tertiary/aromatic N) is 3. The molecule has 1 fully saturated rings. The maximum absolute atomic E-state index is 14.1. The van der Waals surface area contributed by atoms with Gasteiger partial charge in [-0.15, -0.1) is 0 Å². The van der Waals surface area contributed by atoms with Crippen LogP contribution in [-0.2, 0) is 16.9 Å². The van der Waals surface area contributed by atoms with Crippen molar-refractivity contribution in [2.24, 2.45) is 12.8 Å². The van der Waals surface area contributed by atoms with Gasteiger partial charge < -0.3 is 10.3 Å². The van der Waals surface area contributed by atoms with Crippen LogP contribution < -0.4 is 5.73 Å². The Kier molecular flexibility index (Phi) is 5.86. The van der Waals surface area contributed by atoms with Crippen LogP contribution in [0.2, 0.25) is 0 Å². The third-order valence-electron chi connectivity index (χ3n) is 5.36. The summed E-state index contributed by atoms with van der Waals surface area (Å²) in [4.78, 5) is 7.60. The lowest BCUT2D eigenvalue weighted by Crippen LogP contribution is -2.57. The van der Waals surface area contributed by atoms with E-state index in [4.69, 9.17) is 5.73 Å². The molecule has 2 aromatic heterocycles. The predicted octanol–water partition coefficient (Wildman–Crippen LogP) is 3.99. The second kappa shape index (κ2) is 7.68. The number of hydrogen-bond donors (Lipinski definition) is 1. The molecule has 2 aromatic rings. The van der Waals surface area contributed by atoms with Crippen LogP contribution in [0.25, 0.3) is 11.5 Å². The zero-order chi connectivity index (χ0) is 24.3. The van der Waals surface area contributed by atoms with Crippen molar-refractivity contribution in [3.8, 4) is 11.5 Å². The van der Waals surface area contributed by atoms with Crippen molar-refractivity contribution in [2.45, 2.75) is 54.6 Å². The number of alkyl halides is 7. The van der Waals surface area contributed by atoms with E-state index in [2.05, 4.69) is 9.97 Å². The molecule has 6 nitrogen and oxygen atoms in total. The highest BCUT2D eigenvalue weighted by Crippen LogP contribution is 2.51. The Balaban J connectivity index is 2.10. The van der Waals surface area contributed by atoms with Gasteiger partial charge in [0.15, 0.2) is 15.7 Å². The highest BCUT2D eigenvalue weighted by atomic mass is 32.2. The van der Waals surface area contributed by atoms with Gasteiger partial charge >= 0.3 is 18.0 Å². The predicted molar refractivity (Wildman–Crippen MR) is 99.0 cm³/mol. The Morgan fingerprint density at radius 2 is 1.72 bits per heavy atom. The lowest BCUT2D eigenvalue weighted by atomic mass is 10.0. The first-order chi connectivity index (χ1) is 14.6. The summed E-state index contributed by atoms with van der Waals surface area (Å²) in [5.74, 6) is -12.6. The van der Waals surface area contributed by atoms with Crippen LogP contribution in [0.4, 0.5) is 30.7 Å². The normalized spacial score (nSPS) is 16.9. The van der Waals surface area contributed by atoms with Gasteiger partial charge in [-0.2, -0.15) is 30.7 Å². The van der Waals surface area contributed by atoms with Crippen LogP contribution in [0.1, 0.15) is 43.0 Å². The molecule has 0 aromatic carbocycles. The molecule has 14 heteroatoms. The van der Waals surface area contributed by atoms with E-state index in [9.17, 15) is 39.2 Å². The number of pyridine rings is 1. The third-order valence-corrected chi connectivity index (χ3v) is 7.10. The van der Waals surface area contributed by atoms with Gasteiger partial charge in [-0.3, -0.25) is 4.98 Å². The van der Waals surface area contributed by atoms with Gasteiger partial charge in [0.2, 0.25) is 0 Å². The van der Waals surface area contributed by atoms with Crippen molar-refractivity contribution in [1.82, 2.24) is 14.5 Å². The molecule has 1 aliphatic rings. The Labute approximate surface area is 178 Å². The summed E-state index contributed by atoms with van der Waals surface area (Å²) < 4.78 is 119. The first-order valence-corrected chi connectivity index (χ1v) is 11.0. The number of sulfone groups is 1. The molecule has 178 valence electrons. The molecular weight excluding hydrogens is 469 g/mol. The minimum absolute atomic E-state index is 0.135. The van der Waals surface area contributed by atoms with Crippen molar-refractivity contribution in [3.63, 3.8) is 0 Å². The molecule has 1 atom stereocenters. The largest absolute Gasteiger partial charge is 0.459 e. The van der Waals surface area contributed by atoms with E-state index < -0.39 is 39.6 Å². The van der Waals surface area contributed by atoms with Crippen LogP contribution in [0, 0.1) is 0 Å². The van der Waals surface area contributed by atoms with E-state index in [-0.39, 0.29) is 28.1 Å². The number of imidazole rings is 1. The Bertz CT molecular complexity index is 1120. The first kappa shape index (κ1) is 24.4. The maximum Gasteiger partial charge on any atom is 0.459 e. The molecule has 32 heavy (non-hydrogen) atoms. The van der Waals surface area contributed by atoms with Crippen molar-refractivity contribution < 1.29 is 39.2 Å². The summed E-state index contributed by atoms with van der Waals surface area (Å²) in [5.41, 5.74) is 4.69. The van der Waals surface area contributed by atoms with Gasteiger partial charge in [-0.05, 0) is 30.4 Å². The SMILES string of the molecule is CCS(=O)(=O)c1cc(C2CC2)cnc1-c1ncc(C(N)C(F)(F)C(F)(F)C(F)(F)F)n1C. The summed E-state index contributed by atoms with van der Waals surface area (Å²) in [7, 11) is -2.83. The minimum atomic E-state index is -6.54. The van der Waals surface area contributed by atoms with E-state index in [0.29, 0.717) is 11.8 Å². The second-order valence-corrected chi connectivity index (χ2v) is 9.78. The van der Waals surface area contributed by atoms with Gasteiger partial charge in [0.25, 0.3) is 0 Å². The smallest absolute Gasteiger partial charge is 0.328 e. The summed E-state index contributed by atoms with van der Waals surface area (Å²) in [6.45, 7) is 1.38. The van der Waals surface area contributed by atoms with E-state index in [1.54, 1.807) is 0 Å². The molecule has 0 spiro atoms. The Morgan fingerprint density at radius 3 is 2.22 bits per heavy atom. The highest BCUT2D eigenvalue weighted by molar-refractivity contribution is 7.91. The van der Waals surface area contributed by atoms with Gasteiger partial charge in [0, 0.05) is 13.2 Å². The minimum Gasteiger partial charge on any atom is -0.328 e. The van der Waals surface area contributed by atoms with Crippen molar-refractivity contribution >= 4 is 9.84 Å². The summed E-state index contributed by atoms with van der Waals surface area (Å²) in [6.07, 6.45) is -2.87. The molecule has 1 saturated carbocycles.